The molecule has 2 nitrogen and oxygen atoms in total. The topological polar surface area (TPSA) is 40.5 Å². The van der Waals surface area contributed by atoms with E-state index in [1.807, 2.05) is 0 Å². The molecule has 4 rings (SSSR count). The molecule has 4 saturated carbocycles. The maximum Gasteiger partial charge on any atom is 0.0832 e. The van der Waals surface area contributed by atoms with Crippen LogP contribution >= 0.6 is 0 Å². The lowest BCUT2D eigenvalue weighted by molar-refractivity contribution is -0.164. The highest BCUT2D eigenvalue weighted by Gasteiger charge is 2.56. The predicted molar refractivity (Wildman–Crippen MR) is 93.0 cm³/mol. The molecule has 0 amide bonds. The minimum Gasteiger partial charge on any atom is -0.390 e. The fourth-order valence-electron chi connectivity index (χ4n) is 7.56. The van der Waals surface area contributed by atoms with E-state index < -0.39 is 12.2 Å². The third kappa shape index (κ3) is 2.51. The van der Waals surface area contributed by atoms with Crippen molar-refractivity contribution in [2.75, 3.05) is 0 Å². The second-order valence-corrected chi connectivity index (χ2v) is 10.0. The van der Waals surface area contributed by atoms with Crippen LogP contribution in [-0.2, 0) is 0 Å². The molecule has 4 aliphatic carbocycles. The summed E-state index contributed by atoms with van der Waals surface area (Å²) in [7, 11) is 0. The van der Waals surface area contributed by atoms with Gasteiger partial charge in [0.25, 0.3) is 0 Å². The largest absolute Gasteiger partial charge is 0.390 e. The Morgan fingerprint density at radius 1 is 0.783 bits per heavy atom. The van der Waals surface area contributed by atoms with Gasteiger partial charge in [0.2, 0.25) is 0 Å². The van der Waals surface area contributed by atoms with E-state index in [1.54, 1.807) is 0 Å². The molecule has 0 heterocycles. The molecule has 0 bridgehead atoms. The van der Waals surface area contributed by atoms with Crippen LogP contribution in [0.4, 0.5) is 0 Å². The monoisotopic (exact) mass is 320 g/mol. The molecule has 2 N–H and O–H groups in total. The van der Waals surface area contributed by atoms with Crippen molar-refractivity contribution in [3.8, 4) is 0 Å². The Balaban J connectivity index is 1.53. The first-order valence-electron chi connectivity index (χ1n) is 10.3. The first-order chi connectivity index (χ1) is 10.9. The molecular formula is C21H36O2. The Morgan fingerprint density at radius 3 is 2.26 bits per heavy atom. The summed E-state index contributed by atoms with van der Waals surface area (Å²) in [4.78, 5) is 0. The molecule has 0 aromatic rings. The van der Waals surface area contributed by atoms with Crippen LogP contribution in [0.5, 0.6) is 0 Å². The number of rotatable bonds is 1. The SMILES string of the molecule is CC1(C2CCCC2)CCC2C(CCC3C(O)C(O)CCC23C)C1. The summed E-state index contributed by atoms with van der Waals surface area (Å²) >= 11 is 0. The lowest BCUT2D eigenvalue weighted by atomic mass is 9.46. The summed E-state index contributed by atoms with van der Waals surface area (Å²) in [5.41, 5.74) is 0.867. The average Bonchev–Trinajstić information content (AvgIpc) is 3.06. The molecule has 7 unspecified atom stereocenters. The van der Waals surface area contributed by atoms with Gasteiger partial charge in [-0.25, -0.2) is 0 Å². The average molecular weight is 321 g/mol. The fraction of sp³-hybridized carbons (Fsp3) is 1.00. The number of aliphatic hydroxyl groups excluding tert-OH is 2. The van der Waals surface area contributed by atoms with Crippen LogP contribution in [0.25, 0.3) is 0 Å². The first-order valence-corrected chi connectivity index (χ1v) is 10.3. The molecule has 132 valence electrons. The summed E-state index contributed by atoms with van der Waals surface area (Å²) in [5, 5.41) is 20.7. The zero-order valence-corrected chi connectivity index (χ0v) is 15.1. The van der Waals surface area contributed by atoms with Crippen molar-refractivity contribution < 1.29 is 10.2 Å². The zero-order chi connectivity index (χ0) is 16.2. The summed E-state index contributed by atoms with van der Waals surface area (Å²) in [6.45, 7) is 5.04. The molecule has 0 aromatic heterocycles. The molecule has 0 aromatic carbocycles. The lowest BCUT2D eigenvalue weighted by Crippen LogP contribution is -2.56. The summed E-state index contributed by atoms with van der Waals surface area (Å²) in [6, 6.07) is 0. The minimum absolute atomic E-state index is 0.276. The van der Waals surface area contributed by atoms with Gasteiger partial charge in [0.05, 0.1) is 12.2 Å². The van der Waals surface area contributed by atoms with Gasteiger partial charge >= 0.3 is 0 Å². The Morgan fingerprint density at radius 2 is 1.52 bits per heavy atom. The van der Waals surface area contributed by atoms with Crippen molar-refractivity contribution in [3.05, 3.63) is 0 Å². The summed E-state index contributed by atoms with van der Waals surface area (Å²) < 4.78 is 0. The van der Waals surface area contributed by atoms with Crippen molar-refractivity contribution >= 4 is 0 Å². The number of hydrogen-bond acceptors (Lipinski definition) is 2. The summed E-state index contributed by atoms with van der Waals surface area (Å²) in [6.07, 6.45) is 13.5. The number of fused-ring (bicyclic) bond motifs is 3. The molecule has 2 heteroatoms. The molecule has 7 atom stereocenters. The second-order valence-electron chi connectivity index (χ2n) is 10.0. The minimum atomic E-state index is -0.475. The maximum absolute atomic E-state index is 10.6. The Bertz CT molecular complexity index is 443. The molecule has 0 spiro atoms. The third-order valence-electron chi connectivity index (χ3n) is 8.99. The fourth-order valence-corrected chi connectivity index (χ4v) is 7.56. The Kier molecular flexibility index (Phi) is 4.08. The number of aliphatic hydroxyl groups is 2. The van der Waals surface area contributed by atoms with Gasteiger partial charge in [-0.05, 0) is 92.3 Å². The quantitative estimate of drug-likeness (QED) is 0.745. The van der Waals surface area contributed by atoms with E-state index in [1.165, 1.54) is 51.4 Å². The van der Waals surface area contributed by atoms with Gasteiger partial charge in [-0.2, -0.15) is 0 Å². The van der Waals surface area contributed by atoms with Crippen molar-refractivity contribution in [1.82, 2.24) is 0 Å². The molecule has 0 aliphatic heterocycles. The van der Waals surface area contributed by atoms with Crippen LogP contribution in [0.2, 0.25) is 0 Å². The molecule has 4 fully saturated rings. The van der Waals surface area contributed by atoms with Gasteiger partial charge in [0.15, 0.2) is 0 Å². The maximum atomic E-state index is 10.6. The highest BCUT2D eigenvalue weighted by Crippen LogP contribution is 2.63. The number of hydrogen-bond donors (Lipinski definition) is 2. The van der Waals surface area contributed by atoms with Crippen molar-refractivity contribution in [2.45, 2.75) is 96.7 Å². The molecule has 23 heavy (non-hydrogen) atoms. The van der Waals surface area contributed by atoms with Crippen LogP contribution in [0.3, 0.4) is 0 Å². The van der Waals surface area contributed by atoms with Crippen LogP contribution in [0, 0.1) is 34.5 Å². The van der Waals surface area contributed by atoms with E-state index in [4.69, 9.17) is 0 Å². The van der Waals surface area contributed by atoms with Crippen molar-refractivity contribution in [1.29, 1.82) is 0 Å². The van der Waals surface area contributed by atoms with Gasteiger partial charge in [0, 0.05) is 0 Å². The van der Waals surface area contributed by atoms with E-state index in [0.717, 1.165) is 37.0 Å². The molecule has 0 saturated heterocycles. The molecule has 4 aliphatic rings. The Labute approximate surface area is 142 Å². The second kappa shape index (κ2) is 5.73. The first kappa shape index (κ1) is 16.4. The van der Waals surface area contributed by atoms with Crippen LogP contribution in [0.1, 0.15) is 84.5 Å². The zero-order valence-electron chi connectivity index (χ0n) is 15.1. The van der Waals surface area contributed by atoms with Gasteiger partial charge < -0.3 is 10.2 Å². The smallest absolute Gasteiger partial charge is 0.0832 e. The van der Waals surface area contributed by atoms with Gasteiger partial charge in [-0.1, -0.05) is 26.7 Å². The van der Waals surface area contributed by atoms with E-state index in [-0.39, 0.29) is 5.41 Å². The van der Waals surface area contributed by atoms with Crippen LogP contribution in [-0.4, -0.2) is 22.4 Å². The van der Waals surface area contributed by atoms with Crippen LogP contribution < -0.4 is 0 Å². The Hall–Kier alpha value is -0.0800. The molecular weight excluding hydrogens is 284 g/mol. The lowest BCUT2D eigenvalue weighted by Gasteiger charge is -2.60. The predicted octanol–water partition coefficient (Wildman–Crippen LogP) is 4.53. The van der Waals surface area contributed by atoms with Gasteiger partial charge in [-0.15, -0.1) is 0 Å². The van der Waals surface area contributed by atoms with E-state index >= 15 is 0 Å². The van der Waals surface area contributed by atoms with Crippen LogP contribution in [0.15, 0.2) is 0 Å². The normalized spacial score (nSPS) is 54.5. The molecule has 0 radical (unpaired) electrons. The van der Waals surface area contributed by atoms with Crippen molar-refractivity contribution in [2.24, 2.45) is 34.5 Å². The van der Waals surface area contributed by atoms with Crippen molar-refractivity contribution in [3.63, 3.8) is 0 Å². The highest BCUT2D eigenvalue weighted by atomic mass is 16.3. The standard InChI is InChI=1S/C21H36O2/c1-20(15-5-3-4-6-15)11-9-16-14(13-20)7-8-17-19(23)18(22)10-12-21(16,17)2/h14-19,22-23H,3-13H2,1-2H3. The van der Waals surface area contributed by atoms with Gasteiger partial charge in [-0.3, -0.25) is 0 Å². The summed E-state index contributed by atoms with van der Waals surface area (Å²) in [5.74, 6) is 2.98. The van der Waals surface area contributed by atoms with E-state index in [2.05, 4.69) is 13.8 Å². The van der Waals surface area contributed by atoms with Gasteiger partial charge in [0.1, 0.15) is 0 Å². The third-order valence-corrected chi connectivity index (χ3v) is 8.99. The highest BCUT2D eigenvalue weighted by molar-refractivity contribution is 5.06. The van der Waals surface area contributed by atoms with E-state index in [9.17, 15) is 10.2 Å². The van der Waals surface area contributed by atoms with E-state index in [0.29, 0.717) is 11.3 Å².